The topological polar surface area (TPSA) is 66.8 Å². The highest BCUT2D eigenvalue weighted by atomic mass is 16.5. The van der Waals surface area contributed by atoms with Gasteiger partial charge >= 0.3 is 5.97 Å². The van der Waals surface area contributed by atoms with E-state index in [0.717, 1.165) is 6.42 Å². The van der Waals surface area contributed by atoms with Crippen molar-refractivity contribution >= 4 is 11.9 Å². The van der Waals surface area contributed by atoms with Crippen molar-refractivity contribution < 1.29 is 19.4 Å². The molecule has 1 saturated heterocycles. The number of rotatable bonds is 5. The summed E-state index contributed by atoms with van der Waals surface area (Å²) in [4.78, 5) is 24.6. The van der Waals surface area contributed by atoms with Gasteiger partial charge in [-0.25, -0.2) is 0 Å². The molecular weight excluding hydrogens is 234 g/mol. The highest BCUT2D eigenvalue weighted by molar-refractivity contribution is 5.83. The van der Waals surface area contributed by atoms with E-state index < -0.39 is 5.97 Å². The summed E-state index contributed by atoms with van der Waals surface area (Å²) < 4.78 is 5.54. The summed E-state index contributed by atoms with van der Waals surface area (Å²) in [5.74, 6) is -1.10. The van der Waals surface area contributed by atoms with Crippen LogP contribution in [0, 0.1) is 5.92 Å². The average molecular weight is 257 g/mol. The predicted octanol–water partition coefficient (Wildman–Crippen LogP) is 1.51. The molecule has 1 N–H and O–H groups in total. The average Bonchev–Trinajstić information content (AvgIpc) is 2.34. The first-order valence-electron chi connectivity index (χ1n) is 6.59. The molecule has 18 heavy (non-hydrogen) atoms. The molecule has 5 heteroatoms. The molecule has 104 valence electrons. The first kappa shape index (κ1) is 15.0. The van der Waals surface area contributed by atoms with Gasteiger partial charge in [0.25, 0.3) is 0 Å². The maximum absolute atomic E-state index is 12.3. The molecule has 0 radical (unpaired) electrons. The number of carboxylic acid groups (broad SMARTS) is 1. The Bertz CT molecular complexity index is 303. The second kappa shape index (κ2) is 6.73. The molecule has 0 aromatic carbocycles. The van der Waals surface area contributed by atoms with Crippen LogP contribution in [0.3, 0.4) is 0 Å². The van der Waals surface area contributed by atoms with E-state index in [4.69, 9.17) is 9.84 Å². The van der Waals surface area contributed by atoms with Crippen LogP contribution in [-0.4, -0.2) is 47.2 Å². The molecule has 2 atom stereocenters. The molecule has 1 heterocycles. The van der Waals surface area contributed by atoms with Crippen molar-refractivity contribution in [3.05, 3.63) is 0 Å². The minimum atomic E-state index is -0.962. The summed E-state index contributed by atoms with van der Waals surface area (Å²) in [6.07, 6.45) is 2.42. The van der Waals surface area contributed by atoms with Crippen molar-refractivity contribution in [3.63, 3.8) is 0 Å². The Labute approximate surface area is 108 Å². The number of carbonyl (C=O) groups excluding carboxylic acids is 1. The van der Waals surface area contributed by atoms with Crippen LogP contribution in [0.5, 0.6) is 0 Å². The van der Waals surface area contributed by atoms with Gasteiger partial charge in [-0.2, -0.15) is 0 Å². The fourth-order valence-electron chi connectivity index (χ4n) is 2.28. The Balaban J connectivity index is 2.67. The van der Waals surface area contributed by atoms with Gasteiger partial charge in [-0.3, -0.25) is 9.59 Å². The van der Waals surface area contributed by atoms with E-state index in [1.54, 1.807) is 0 Å². The molecule has 0 spiro atoms. The molecule has 1 aliphatic rings. The van der Waals surface area contributed by atoms with Gasteiger partial charge in [-0.15, -0.1) is 0 Å². The largest absolute Gasteiger partial charge is 0.480 e. The third-order valence-corrected chi connectivity index (χ3v) is 3.38. The van der Waals surface area contributed by atoms with Crippen molar-refractivity contribution in [2.24, 2.45) is 5.92 Å². The maximum Gasteiger partial charge on any atom is 0.323 e. The normalized spacial score (nSPS) is 24.0. The Morgan fingerprint density at radius 2 is 2.11 bits per heavy atom. The van der Waals surface area contributed by atoms with E-state index in [9.17, 15) is 9.59 Å². The number of carboxylic acids is 1. The van der Waals surface area contributed by atoms with E-state index in [1.807, 2.05) is 20.8 Å². The third-order valence-electron chi connectivity index (χ3n) is 3.38. The highest BCUT2D eigenvalue weighted by Crippen LogP contribution is 2.24. The summed E-state index contributed by atoms with van der Waals surface area (Å²) in [5, 5.41) is 8.86. The number of hydrogen-bond donors (Lipinski definition) is 1. The molecule has 0 aromatic heterocycles. The van der Waals surface area contributed by atoms with Crippen LogP contribution in [0.25, 0.3) is 0 Å². The maximum atomic E-state index is 12.3. The van der Waals surface area contributed by atoms with Gasteiger partial charge in [0, 0.05) is 18.6 Å². The Morgan fingerprint density at radius 3 is 2.61 bits per heavy atom. The number of hydrogen-bond acceptors (Lipinski definition) is 3. The number of carbonyl (C=O) groups is 2. The molecule has 0 aromatic rings. The Hall–Kier alpha value is -1.10. The molecular formula is C13H23NO4. The lowest BCUT2D eigenvalue weighted by atomic mass is 9.92. The van der Waals surface area contributed by atoms with E-state index >= 15 is 0 Å². The van der Waals surface area contributed by atoms with Crippen LogP contribution in [-0.2, 0) is 14.3 Å². The van der Waals surface area contributed by atoms with E-state index in [0.29, 0.717) is 19.4 Å². The van der Waals surface area contributed by atoms with Crippen LogP contribution < -0.4 is 0 Å². The van der Waals surface area contributed by atoms with Gasteiger partial charge in [0.05, 0.1) is 6.10 Å². The monoisotopic (exact) mass is 257 g/mol. The Morgan fingerprint density at radius 1 is 1.44 bits per heavy atom. The van der Waals surface area contributed by atoms with Gasteiger partial charge < -0.3 is 14.7 Å². The van der Waals surface area contributed by atoms with Gasteiger partial charge in [0.15, 0.2) is 0 Å². The molecule has 0 aliphatic carbocycles. The van der Waals surface area contributed by atoms with Crippen LogP contribution in [0.1, 0.15) is 40.0 Å². The van der Waals surface area contributed by atoms with Crippen LogP contribution >= 0.6 is 0 Å². The summed E-state index contributed by atoms with van der Waals surface area (Å²) in [6, 6.07) is -0.0866. The van der Waals surface area contributed by atoms with Crippen molar-refractivity contribution in [3.8, 4) is 0 Å². The second-order valence-electron chi connectivity index (χ2n) is 5.08. The fraction of sp³-hybridized carbons (Fsp3) is 0.846. The van der Waals surface area contributed by atoms with Crippen LogP contribution in [0.15, 0.2) is 0 Å². The summed E-state index contributed by atoms with van der Waals surface area (Å²) in [7, 11) is 0. The van der Waals surface area contributed by atoms with Crippen LogP contribution in [0.2, 0.25) is 0 Å². The zero-order valence-corrected chi connectivity index (χ0v) is 11.4. The quantitative estimate of drug-likeness (QED) is 0.810. The minimum Gasteiger partial charge on any atom is -0.480 e. The first-order valence-corrected chi connectivity index (χ1v) is 6.59. The fourth-order valence-corrected chi connectivity index (χ4v) is 2.28. The van der Waals surface area contributed by atoms with Gasteiger partial charge in [0.2, 0.25) is 5.91 Å². The molecule has 1 amide bonds. The molecule has 5 nitrogen and oxygen atoms in total. The standard InChI is InChI=1S/C13H23NO4/c1-4-11-7-10(5-6-18-11)13(17)14(9(2)3)8-12(15)16/h9-11H,4-8H2,1-3H3,(H,15,16). The minimum absolute atomic E-state index is 0.0471. The van der Waals surface area contributed by atoms with Crippen molar-refractivity contribution in [1.82, 2.24) is 4.90 Å². The molecule has 1 aliphatic heterocycles. The number of amides is 1. The molecule has 2 unspecified atom stereocenters. The van der Waals surface area contributed by atoms with Gasteiger partial charge in [-0.05, 0) is 33.1 Å². The van der Waals surface area contributed by atoms with E-state index in [2.05, 4.69) is 0 Å². The third kappa shape index (κ3) is 3.98. The van der Waals surface area contributed by atoms with Crippen molar-refractivity contribution in [1.29, 1.82) is 0 Å². The predicted molar refractivity (Wildman–Crippen MR) is 67.2 cm³/mol. The zero-order valence-electron chi connectivity index (χ0n) is 11.4. The molecule has 0 bridgehead atoms. The molecule has 0 saturated carbocycles. The second-order valence-corrected chi connectivity index (χ2v) is 5.08. The Kier molecular flexibility index (Phi) is 5.59. The molecule has 1 rings (SSSR count). The summed E-state index contributed by atoms with van der Waals surface area (Å²) >= 11 is 0. The van der Waals surface area contributed by atoms with Crippen molar-refractivity contribution in [2.75, 3.05) is 13.2 Å². The lowest BCUT2D eigenvalue weighted by Crippen LogP contribution is -2.46. The first-order chi connectivity index (χ1) is 8.45. The SMILES string of the molecule is CCC1CC(C(=O)N(CC(=O)O)C(C)C)CCO1. The number of ether oxygens (including phenoxy) is 1. The van der Waals surface area contributed by atoms with E-state index in [-0.39, 0.29) is 30.5 Å². The highest BCUT2D eigenvalue weighted by Gasteiger charge is 2.31. The van der Waals surface area contributed by atoms with Crippen molar-refractivity contribution in [2.45, 2.75) is 52.2 Å². The lowest BCUT2D eigenvalue weighted by molar-refractivity contribution is -0.150. The lowest BCUT2D eigenvalue weighted by Gasteiger charge is -2.33. The van der Waals surface area contributed by atoms with Crippen LogP contribution in [0.4, 0.5) is 0 Å². The summed E-state index contributed by atoms with van der Waals surface area (Å²) in [5.41, 5.74) is 0. The number of aliphatic carboxylic acids is 1. The van der Waals surface area contributed by atoms with Gasteiger partial charge in [-0.1, -0.05) is 6.92 Å². The zero-order chi connectivity index (χ0) is 13.7. The van der Waals surface area contributed by atoms with E-state index in [1.165, 1.54) is 4.90 Å². The van der Waals surface area contributed by atoms with Gasteiger partial charge in [0.1, 0.15) is 6.54 Å². The number of nitrogens with zero attached hydrogens (tertiary/aromatic N) is 1. The smallest absolute Gasteiger partial charge is 0.323 e. The molecule has 1 fully saturated rings. The summed E-state index contributed by atoms with van der Waals surface area (Å²) in [6.45, 7) is 6.10.